The lowest BCUT2D eigenvalue weighted by molar-refractivity contribution is 0.0412. The summed E-state index contributed by atoms with van der Waals surface area (Å²) in [4.78, 5) is 2.36. The van der Waals surface area contributed by atoms with Gasteiger partial charge in [-0.05, 0) is 51.3 Å². The molecular weight excluding hydrogens is 318 g/mol. The molecule has 0 amide bonds. The third-order valence-corrected chi connectivity index (χ3v) is 5.11. The number of nitrogens with zero attached hydrogens (tertiary/aromatic N) is 1. The van der Waals surface area contributed by atoms with Gasteiger partial charge in [0.15, 0.2) is 11.5 Å². The molecule has 0 bridgehead atoms. The minimum Gasteiger partial charge on any atom is -0.487 e. The smallest absolute Gasteiger partial charge is 0.161 e. The molecule has 2 heterocycles. The van der Waals surface area contributed by atoms with E-state index in [1.54, 1.807) is 0 Å². The quantitative estimate of drug-likeness (QED) is 0.782. The van der Waals surface area contributed by atoms with E-state index in [1.807, 2.05) is 24.3 Å². The van der Waals surface area contributed by atoms with Gasteiger partial charge in [-0.25, -0.2) is 0 Å². The number of benzene rings is 1. The number of aliphatic hydroxyl groups excluding tert-OH is 1. The first-order valence-corrected chi connectivity index (χ1v) is 9.60. The highest BCUT2D eigenvalue weighted by Gasteiger charge is 2.21. The highest BCUT2D eigenvalue weighted by Crippen LogP contribution is 2.27. The van der Waals surface area contributed by atoms with Crippen LogP contribution in [0.15, 0.2) is 24.3 Å². The number of β-amino-alcohol motifs (C(OH)–C–C–N with tert-alkyl or cyclic N) is 1. The number of ether oxygens (including phenoxy) is 3. The minimum absolute atomic E-state index is 0.180. The first-order valence-electron chi connectivity index (χ1n) is 9.60. The van der Waals surface area contributed by atoms with E-state index in [0.717, 1.165) is 31.7 Å². The average molecular weight is 349 g/mol. The molecular formula is C20H31NO4. The van der Waals surface area contributed by atoms with Gasteiger partial charge in [-0.1, -0.05) is 18.6 Å². The molecule has 2 saturated heterocycles. The molecule has 140 valence electrons. The molecule has 0 saturated carbocycles. The molecule has 5 nitrogen and oxygen atoms in total. The Morgan fingerprint density at radius 2 is 1.96 bits per heavy atom. The van der Waals surface area contributed by atoms with Gasteiger partial charge in [0.25, 0.3) is 0 Å². The SMILES string of the molecule is CC1CCCCN1CC(O)COc1ccccc1OCC1CCCO1. The molecule has 25 heavy (non-hydrogen) atoms. The molecule has 0 aliphatic carbocycles. The number of aliphatic hydroxyl groups is 1. The molecule has 1 aromatic rings. The lowest BCUT2D eigenvalue weighted by Crippen LogP contribution is -2.43. The second kappa shape index (κ2) is 9.41. The Balaban J connectivity index is 1.46. The molecule has 0 spiro atoms. The summed E-state index contributed by atoms with van der Waals surface area (Å²) >= 11 is 0. The van der Waals surface area contributed by atoms with E-state index >= 15 is 0 Å². The van der Waals surface area contributed by atoms with Crippen molar-refractivity contribution in [2.24, 2.45) is 0 Å². The monoisotopic (exact) mass is 349 g/mol. The van der Waals surface area contributed by atoms with Crippen LogP contribution >= 0.6 is 0 Å². The maximum atomic E-state index is 10.3. The first-order chi connectivity index (χ1) is 12.2. The number of hydrogen-bond acceptors (Lipinski definition) is 5. The van der Waals surface area contributed by atoms with Crippen LogP contribution in [0.2, 0.25) is 0 Å². The van der Waals surface area contributed by atoms with Gasteiger partial charge in [0.1, 0.15) is 19.3 Å². The van der Waals surface area contributed by atoms with Crippen LogP contribution in [-0.4, -0.2) is 61.2 Å². The Hall–Kier alpha value is -1.30. The summed E-state index contributed by atoms with van der Waals surface area (Å²) in [6.07, 6.45) is 5.57. The number of likely N-dealkylation sites (tertiary alicyclic amines) is 1. The Morgan fingerprint density at radius 3 is 2.68 bits per heavy atom. The summed E-state index contributed by atoms with van der Waals surface area (Å²) in [7, 11) is 0. The number of rotatable bonds is 8. The molecule has 2 aliphatic heterocycles. The minimum atomic E-state index is -0.494. The molecule has 3 rings (SSSR count). The van der Waals surface area contributed by atoms with E-state index in [4.69, 9.17) is 14.2 Å². The van der Waals surface area contributed by atoms with Crippen molar-refractivity contribution >= 4 is 0 Å². The summed E-state index contributed by atoms with van der Waals surface area (Å²) < 4.78 is 17.3. The van der Waals surface area contributed by atoms with Gasteiger partial charge in [0.2, 0.25) is 0 Å². The van der Waals surface area contributed by atoms with Crippen LogP contribution in [0.25, 0.3) is 0 Å². The van der Waals surface area contributed by atoms with Gasteiger partial charge < -0.3 is 19.3 Å². The maximum absolute atomic E-state index is 10.3. The zero-order valence-electron chi connectivity index (χ0n) is 15.2. The van der Waals surface area contributed by atoms with Crippen molar-refractivity contribution in [3.63, 3.8) is 0 Å². The summed E-state index contributed by atoms with van der Waals surface area (Å²) in [5.41, 5.74) is 0. The van der Waals surface area contributed by atoms with Gasteiger partial charge >= 0.3 is 0 Å². The molecule has 5 heteroatoms. The Labute approximate surface area is 150 Å². The van der Waals surface area contributed by atoms with Crippen LogP contribution in [0, 0.1) is 0 Å². The highest BCUT2D eigenvalue weighted by molar-refractivity contribution is 5.39. The first kappa shape index (κ1) is 18.5. The lowest BCUT2D eigenvalue weighted by Gasteiger charge is -2.34. The van der Waals surface area contributed by atoms with Gasteiger partial charge in [0.05, 0.1) is 6.10 Å². The molecule has 1 N–H and O–H groups in total. The second-order valence-corrected chi connectivity index (χ2v) is 7.20. The van der Waals surface area contributed by atoms with Gasteiger partial charge in [0, 0.05) is 19.2 Å². The third kappa shape index (κ3) is 5.59. The second-order valence-electron chi connectivity index (χ2n) is 7.20. The topological polar surface area (TPSA) is 51.2 Å². The van der Waals surface area contributed by atoms with Crippen LogP contribution in [0.1, 0.15) is 39.0 Å². The predicted octanol–water partition coefficient (Wildman–Crippen LogP) is 2.86. The molecule has 2 aliphatic rings. The standard InChI is InChI=1S/C20H31NO4/c1-16-7-4-5-11-21(16)13-17(22)14-24-19-9-2-3-10-20(19)25-15-18-8-6-12-23-18/h2-3,9-10,16-18,22H,4-8,11-15H2,1H3. The predicted molar refractivity (Wildman–Crippen MR) is 97.3 cm³/mol. The maximum Gasteiger partial charge on any atom is 0.161 e. The zero-order chi connectivity index (χ0) is 17.5. The molecule has 0 aromatic heterocycles. The third-order valence-electron chi connectivity index (χ3n) is 5.11. The number of piperidine rings is 1. The van der Waals surface area contributed by atoms with Gasteiger partial charge in [-0.15, -0.1) is 0 Å². The highest BCUT2D eigenvalue weighted by atomic mass is 16.6. The molecule has 3 atom stereocenters. The van der Waals surface area contributed by atoms with Crippen LogP contribution in [0.3, 0.4) is 0 Å². The van der Waals surface area contributed by atoms with E-state index in [1.165, 1.54) is 19.3 Å². The number of hydrogen-bond donors (Lipinski definition) is 1. The van der Waals surface area contributed by atoms with E-state index in [9.17, 15) is 5.11 Å². The summed E-state index contributed by atoms with van der Waals surface area (Å²) in [5.74, 6) is 1.41. The van der Waals surface area contributed by atoms with Crippen molar-refractivity contribution < 1.29 is 19.3 Å². The summed E-state index contributed by atoms with van der Waals surface area (Å²) in [5, 5.41) is 10.3. The summed E-state index contributed by atoms with van der Waals surface area (Å²) in [6, 6.07) is 8.20. The Morgan fingerprint density at radius 1 is 1.16 bits per heavy atom. The molecule has 0 radical (unpaired) electrons. The van der Waals surface area contributed by atoms with E-state index in [-0.39, 0.29) is 12.7 Å². The average Bonchev–Trinajstić information content (AvgIpc) is 3.14. The molecule has 2 fully saturated rings. The fourth-order valence-electron chi connectivity index (χ4n) is 3.59. The fourth-order valence-corrected chi connectivity index (χ4v) is 3.59. The fraction of sp³-hybridized carbons (Fsp3) is 0.700. The van der Waals surface area contributed by atoms with Crippen molar-refractivity contribution in [1.29, 1.82) is 0 Å². The Bertz CT molecular complexity index is 518. The van der Waals surface area contributed by atoms with Crippen LogP contribution in [0.5, 0.6) is 11.5 Å². The lowest BCUT2D eigenvalue weighted by atomic mass is 10.0. The Kier molecular flexibility index (Phi) is 6.96. The zero-order valence-corrected chi connectivity index (χ0v) is 15.2. The van der Waals surface area contributed by atoms with Crippen molar-refractivity contribution in [3.05, 3.63) is 24.3 Å². The molecule has 3 unspecified atom stereocenters. The number of para-hydroxylation sites is 2. The van der Waals surface area contributed by atoms with Crippen LogP contribution in [0.4, 0.5) is 0 Å². The van der Waals surface area contributed by atoms with Crippen molar-refractivity contribution in [1.82, 2.24) is 4.90 Å². The normalized spacial score (nSPS) is 25.7. The van der Waals surface area contributed by atoms with Gasteiger partial charge in [-0.3, -0.25) is 4.90 Å². The molecule has 1 aromatic carbocycles. The largest absolute Gasteiger partial charge is 0.487 e. The van der Waals surface area contributed by atoms with Gasteiger partial charge in [-0.2, -0.15) is 0 Å². The van der Waals surface area contributed by atoms with Crippen LogP contribution in [-0.2, 0) is 4.74 Å². The van der Waals surface area contributed by atoms with Crippen molar-refractivity contribution in [3.8, 4) is 11.5 Å². The van der Waals surface area contributed by atoms with E-state index in [2.05, 4.69) is 11.8 Å². The van der Waals surface area contributed by atoms with E-state index < -0.39 is 6.10 Å². The van der Waals surface area contributed by atoms with Crippen molar-refractivity contribution in [2.75, 3.05) is 32.9 Å². The van der Waals surface area contributed by atoms with Crippen LogP contribution < -0.4 is 9.47 Å². The van der Waals surface area contributed by atoms with Crippen molar-refractivity contribution in [2.45, 2.75) is 57.3 Å². The van der Waals surface area contributed by atoms with E-state index in [0.29, 0.717) is 24.9 Å². The summed E-state index contributed by atoms with van der Waals surface area (Å²) in [6.45, 7) is 5.63.